The second-order valence-corrected chi connectivity index (χ2v) is 10.0. The number of fused-ring (bicyclic) bond motifs is 2. The molecular formula is C17H16N2O4S3. The summed E-state index contributed by atoms with van der Waals surface area (Å²) in [5.41, 5.74) is 2.50. The van der Waals surface area contributed by atoms with Gasteiger partial charge in [0.2, 0.25) is 16.8 Å². The molecule has 0 fully saturated rings. The Morgan fingerprint density at radius 2 is 1.92 bits per heavy atom. The van der Waals surface area contributed by atoms with Crippen LogP contribution < -0.4 is 14.2 Å². The molecule has 0 aliphatic carbocycles. The number of hydrogen-bond donors (Lipinski definition) is 1. The maximum absolute atomic E-state index is 12.2. The number of nitrogens with one attached hydrogen (secondary N) is 1. The SMILES string of the molecule is Cc1ccc(NS(=O)(=O)CCSc2nc3cc4c(cc3s2)OCO4)cc1. The molecular weight excluding hydrogens is 392 g/mol. The van der Waals surface area contributed by atoms with Crippen LogP contribution in [0.15, 0.2) is 40.7 Å². The zero-order valence-electron chi connectivity index (χ0n) is 13.9. The number of thiazole rings is 1. The second-order valence-electron chi connectivity index (χ2n) is 5.79. The number of thioether (sulfide) groups is 1. The van der Waals surface area contributed by atoms with Crippen molar-refractivity contribution in [3.63, 3.8) is 0 Å². The molecule has 6 nitrogen and oxygen atoms in total. The lowest BCUT2D eigenvalue weighted by atomic mass is 10.2. The first-order valence-electron chi connectivity index (χ1n) is 7.89. The average Bonchev–Trinajstić information content (AvgIpc) is 3.19. The van der Waals surface area contributed by atoms with E-state index in [1.807, 2.05) is 31.2 Å². The number of ether oxygens (including phenoxy) is 2. The Morgan fingerprint density at radius 3 is 2.69 bits per heavy atom. The van der Waals surface area contributed by atoms with Gasteiger partial charge in [-0.15, -0.1) is 11.3 Å². The summed E-state index contributed by atoms with van der Waals surface area (Å²) >= 11 is 2.95. The molecule has 3 aromatic rings. The monoisotopic (exact) mass is 408 g/mol. The molecule has 9 heteroatoms. The molecule has 0 amide bonds. The molecule has 26 heavy (non-hydrogen) atoms. The quantitative estimate of drug-likeness (QED) is 0.624. The van der Waals surface area contributed by atoms with Gasteiger partial charge in [0.1, 0.15) is 0 Å². The fourth-order valence-corrected chi connectivity index (χ4v) is 6.06. The molecule has 2 heterocycles. The van der Waals surface area contributed by atoms with Crippen LogP contribution in [0.2, 0.25) is 0 Å². The van der Waals surface area contributed by atoms with Gasteiger partial charge in [-0.3, -0.25) is 4.72 Å². The summed E-state index contributed by atoms with van der Waals surface area (Å²) in [5, 5.41) is 0. The Kier molecular flexibility index (Phi) is 4.68. The maximum atomic E-state index is 12.2. The van der Waals surface area contributed by atoms with Crippen LogP contribution in [0.3, 0.4) is 0 Å². The van der Waals surface area contributed by atoms with Gasteiger partial charge in [0.25, 0.3) is 0 Å². The van der Waals surface area contributed by atoms with Gasteiger partial charge in [-0.25, -0.2) is 13.4 Å². The van der Waals surface area contributed by atoms with Crippen molar-refractivity contribution in [2.24, 2.45) is 0 Å². The number of nitrogens with zero attached hydrogens (tertiary/aromatic N) is 1. The third-order valence-electron chi connectivity index (χ3n) is 3.77. The van der Waals surface area contributed by atoms with E-state index in [2.05, 4.69) is 9.71 Å². The summed E-state index contributed by atoms with van der Waals surface area (Å²) in [6.45, 7) is 2.19. The van der Waals surface area contributed by atoms with Crippen LogP contribution >= 0.6 is 23.1 Å². The number of sulfonamides is 1. The molecule has 1 N–H and O–H groups in total. The molecule has 1 aliphatic rings. The van der Waals surface area contributed by atoms with Crippen LogP contribution in [0.25, 0.3) is 10.2 Å². The second kappa shape index (κ2) is 6.98. The highest BCUT2D eigenvalue weighted by molar-refractivity contribution is 8.02. The number of aromatic nitrogens is 1. The van der Waals surface area contributed by atoms with E-state index in [1.165, 1.54) is 23.1 Å². The van der Waals surface area contributed by atoms with Crippen LogP contribution in [0, 0.1) is 6.92 Å². The highest BCUT2D eigenvalue weighted by Gasteiger charge is 2.17. The van der Waals surface area contributed by atoms with Crippen molar-refractivity contribution in [1.82, 2.24) is 4.98 Å². The van der Waals surface area contributed by atoms with E-state index in [0.29, 0.717) is 17.2 Å². The van der Waals surface area contributed by atoms with E-state index in [0.717, 1.165) is 25.9 Å². The zero-order valence-corrected chi connectivity index (χ0v) is 16.3. The van der Waals surface area contributed by atoms with Crippen molar-refractivity contribution < 1.29 is 17.9 Å². The Bertz CT molecular complexity index is 1000. The first-order chi connectivity index (χ1) is 12.5. The number of hydrogen-bond acceptors (Lipinski definition) is 7. The van der Waals surface area contributed by atoms with Crippen molar-refractivity contribution in [3.8, 4) is 11.5 Å². The molecule has 0 bridgehead atoms. The Morgan fingerprint density at radius 1 is 1.19 bits per heavy atom. The van der Waals surface area contributed by atoms with Gasteiger partial charge >= 0.3 is 0 Å². The standard InChI is InChI=1S/C17H16N2O4S3/c1-11-2-4-12(5-3-11)19-26(20,21)7-6-24-17-18-13-8-14-15(23-10-22-14)9-16(13)25-17/h2-5,8-9,19H,6-7,10H2,1H3. The molecule has 0 atom stereocenters. The van der Waals surface area contributed by atoms with Crippen LogP contribution in [0.1, 0.15) is 5.56 Å². The van der Waals surface area contributed by atoms with Crippen molar-refractivity contribution in [1.29, 1.82) is 0 Å². The Balaban J connectivity index is 1.38. The minimum atomic E-state index is -3.39. The lowest BCUT2D eigenvalue weighted by molar-refractivity contribution is 0.174. The Labute approximate surface area is 159 Å². The molecule has 0 radical (unpaired) electrons. The van der Waals surface area contributed by atoms with Crippen molar-refractivity contribution in [2.75, 3.05) is 23.0 Å². The van der Waals surface area contributed by atoms with Gasteiger partial charge in [-0.1, -0.05) is 29.5 Å². The number of anilines is 1. The van der Waals surface area contributed by atoms with Gasteiger partial charge in [0.15, 0.2) is 15.8 Å². The van der Waals surface area contributed by atoms with Crippen molar-refractivity contribution in [2.45, 2.75) is 11.3 Å². The summed E-state index contributed by atoms with van der Waals surface area (Å²) in [5.74, 6) is 1.87. The smallest absolute Gasteiger partial charge is 0.233 e. The maximum Gasteiger partial charge on any atom is 0.233 e. The van der Waals surface area contributed by atoms with Crippen LogP contribution in [-0.4, -0.2) is 31.7 Å². The molecule has 4 rings (SSSR count). The Hall–Kier alpha value is -1.97. The normalized spacial score (nSPS) is 13.3. The van der Waals surface area contributed by atoms with Crippen LogP contribution in [0.5, 0.6) is 11.5 Å². The zero-order chi connectivity index (χ0) is 18.1. The van der Waals surface area contributed by atoms with E-state index in [1.54, 1.807) is 12.1 Å². The molecule has 2 aromatic carbocycles. The first-order valence-corrected chi connectivity index (χ1v) is 11.3. The number of rotatable bonds is 6. The minimum Gasteiger partial charge on any atom is -0.454 e. The van der Waals surface area contributed by atoms with E-state index in [4.69, 9.17) is 9.47 Å². The van der Waals surface area contributed by atoms with Crippen LogP contribution in [0.4, 0.5) is 5.69 Å². The fourth-order valence-electron chi connectivity index (χ4n) is 2.45. The van der Waals surface area contributed by atoms with Gasteiger partial charge in [0.05, 0.1) is 16.0 Å². The van der Waals surface area contributed by atoms with Gasteiger partial charge < -0.3 is 9.47 Å². The molecule has 1 aliphatic heterocycles. The molecule has 0 spiro atoms. The van der Waals surface area contributed by atoms with E-state index >= 15 is 0 Å². The van der Waals surface area contributed by atoms with Crippen molar-refractivity contribution >= 4 is 49.0 Å². The summed E-state index contributed by atoms with van der Waals surface area (Å²) in [6, 6.07) is 11.0. The molecule has 0 unspecified atom stereocenters. The van der Waals surface area contributed by atoms with Gasteiger partial charge in [0, 0.05) is 23.6 Å². The summed E-state index contributed by atoms with van der Waals surface area (Å²) in [7, 11) is -3.39. The number of aryl methyl sites for hydroxylation is 1. The van der Waals surface area contributed by atoms with Gasteiger partial charge in [-0.05, 0) is 19.1 Å². The van der Waals surface area contributed by atoms with E-state index in [9.17, 15) is 8.42 Å². The fraction of sp³-hybridized carbons (Fsp3) is 0.235. The van der Waals surface area contributed by atoms with E-state index in [-0.39, 0.29) is 12.5 Å². The minimum absolute atomic E-state index is 0.0180. The summed E-state index contributed by atoms with van der Waals surface area (Å²) < 4.78 is 39.6. The van der Waals surface area contributed by atoms with Crippen molar-refractivity contribution in [3.05, 3.63) is 42.0 Å². The highest BCUT2D eigenvalue weighted by atomic mass is 32.2. The largest absolute Gasteiger partial charge is 0.454 e. The lowest BCUT2D eigenvalue weighted by Crippen LogP contribution is -2.18. The lowest BCUT2D eigenvalue weighted by Gasteiger charge is -2.07. The summed E-state index contributed by atoms with van der Waals surface area (Å²) in [4.78, 5) is 4.53. The number of benzene rings is 2. The predicted octanol–water partition coefficient (Wildman–Crippen LogP) is 3.87. The predicted molar refractivity (Wildman–Crippen MR) is 105 cm³/mol. The average molecular weight is 409 g/mol. The first kappa shape index (κ1) is 17.4. The van der Waals surface area contributed by atoms with Crippen LogP contribution in [-0.2, 0) is 10.0 Å². The molecule has 0 saturated heterocycles. The molecule has 136 valence electrons. The molecule has 0 saturated carbocycles. The molecule has 1 aromatic heterocycles. The topological polar surface area (TPSA) is 77.5 Å². The van der Waals surface area contributed by atoms with Gasteiger partial charge in [-0.2, -0.15) is 0 Å². The summed E-state index contributed by atoms with van der Waals surface area (Å²) in [6.07, 6.45) is 0. The third kappa shape index (κ3) is 3.89. The van der Waals surface area contributed by atoms with E-state index < -0.39 is 10.0 Å². The highest BCUT2D eigenvalue weighted by Crippen LogP contribution is 2.39. The third-order valence-corrected chi connectivity index (χ3v) is 7.48.